The van der Waals surface area contributed by atoms with Crippen LogP contribution in [0.1, 0.15) is 433 Å². The van der Waals surface area contributed by atoms with E-state index in [-0.39, 0.29) is 25.7 Å². The molecule has 0 aromatic carbocycles. The molecule has 19 unspecified atom stereocenters. The smallest absolute Gasteiger partial charge is 0.463 e. The molecule has 2 saturated heterocycles. The monoisotopic (exact) mass is 1720 g/mol. The Labute approximate surface area is 719 Å². The lowest BCUT2D eigenvalue weighted by Gasteiger charge is -2.50. The number of hydrogen-bond donors (Lipinski definition) is 10. The number of aliphatic hydroxyl groups is 9. The van der Waals surface area contributed by atoms with Gasteiger partial charge in [-0.25, -0.2) is 4.57 Å². The van der Waals surface area contributed by atoms with Gasteiger partial charge in [-0.3, -0.25) is 28.2 Å². The van der Waals surface area contributed by atoms with Gasteiger partial charge in [0.25, 0.3) is 0 Å². The summed E-state index contributed by atoms with van der Waals surface area (Å²) >= 11 is 0. The second kappa shape index (κ2) is 71.5. The van der Waals surface area contributed by atoms with E-state index >= 15 is 0 Å². The number of phosphoric acid groups is 1. The van der Waals surface area contributed by atoms with Crippen molar-refractivity contribution in [2.24, 2.45) is 5.92 Å². The van der Waals surface area contributed by atoms with Crippen LogP contribution in [-0.2, 0) is 70.7 Å². The summed E-state index contributed by atoms with van der Waals surface area (Å²) in [4.78, 5) is 66.6. The highest BCUT2D eigenvalue weighted by Gasteiger charge is 2.60. The molecule has 0 bridgehead atoms. The number of carbonyl (C=O) groups excluding carboxylic acids is 4. The number of ether oxygens (including phenoxy) is 8. The van der Waals surface area contributed by atoms with Gasteiger partial charge in [-0.2, -0.15) is 0 Å². The summed E-state index contributed by atoms with van der Waals surface area (Å²) in [7, 11) is -5.80. The maximum absolute atomic E-state index is 14.9. The van der Waals surface area contributed by atoms with Crippen molar-refractivity contribution in [1.82, 2.24) is 0 Å². The molecule has 119 heavy (non-hydrogen) atoms. The lowest BCUT2D eigenvalue weighted by atomic mass is 9.84. The quantitative estimate of drug-likeness (QED) is 0.0117. The van der Waals surface area contributed by atoms with Crippen molar-refractivity contribution in [3.8, 4) is 0 Å². The standard InChI is InChI=1S/C93H175O25P/c1-6-10-14-18-22-25-28-31-33-35-37-40-43-46-53-59-65-77(96)110-71-75-81(100)83(102)87(106)93(114-75)117-90-88(115-79(98)67-61-55-49-48-51-57-63-72(5)62-56-50-21-17-13-9-4)84(103)85(104)89(116-92-86(105)82(101)80(99)74(68-94)113-92)91(90)118-119(107,108)111-70-73(69-109-76(95)64-58-52-45-42-39-36-30-27-24-20-16-12-8-3)112-78(97)66-60-54-47-44-41-38-34-32-29-26-23-19-15-11-7-2/h72-75,80-94,99-106H,6-71H2,1-5H3,(H,107,108). The summed E-state index contributed by atoms with van der Waals surface area (Å²) in [6.45, 7) is 7.95. The Morgan fingerprint density at radius 2 is 0.630 bits per heavy atom. The van der Waals surface area contributed by atoms with E-state index in [0.717, 1.165) is 128 Å². The van der Waals surface area contributed by atoms with Gasteiger partial charge in [0.15, 0.2) is 24.8 Å². The van der Waals surface area contributed by atoms with Crippen LogP contribution in [0.3, 0.4) is 0 Å². The molecule has 0 radical (unpaired) electrons. The van der Waals surface area contributed by atoms with Gasteiger partial charge in [0.1, 0.15) is 92.6 Å². The van der Waals surface area contributed by atoms with Gasteiger partial charge in [0.2, 0.25) is 0 Å². The molecule has 10 N–H and O–H groups in total. The largest absolute Gasteiger partial charge is 0.472 e. The van der Waals surface area contributed by atoms with Crippen LogP contribution in [-0.4, -0.2) is 205 Å². The second-order valence-corrected chi connectivity index (χ2v) is 36.6. The van der Waals surface area contributed by atoms with E-state index in [1.54, 1.807) is 0 Å². The third kappa shape index (κ3) is 51.8. The minimum atomic E-state index is -5.80. The van der Waals surface area contributed by atoms with E-state index in [1.807, 2.05) is 0 Å². The van der Waals surface area contributed by atoms with E-state index < -0.39 is 162 Å². The highest BCUT2D eigenvalue weighted by Crippen LogP contribution is 2.49. The maximum atomic E-state index is 14.9. The lowest BCUT2D eigenvalue weighted by Crippen LogP contribution is -2.70. The van der Waals surface area contributed by atoms with Crippen LogP contribution in [0.25, 0.3) is 0 Å². The molecule has 1 saturated carbocycles. The minimum absolute atomic E-state index is 0.0199. The minimum Gasteiger partial charge on any atom is -0.463 e. The van der Waals surface area contributed by atoms with E-state index in [1.165, 1.54) is 212 Å². The van der Waals surface area contributed by atoms with Crippen molar-refractivity contribution < 1.29 is 122 Å². The predicted molar refractivity (Wildman–Crippen MR) is 463 cm³/mol. The van der Waals surface area contributed by atoms with Crippen molar-refractivity contribution in [3.63, 3.8) is 0 Å². The Morgan fingerprint density at radius 3 is 1.00 bits per heavy atom. The summed E-state index contributed by atoms with van der Waals surface area (Å²) in [6.07, 6.45) is 28.0. The number of rotatable bonds is 79. The first-order valence-electron chi connectivity index (χ1n) is 48.7. The van der Waals surface area contributed by atoms with Crippen molar-refractivity contribution in [2.45, 2.75) is 537 Å². The zero-order valence-corrected chi connectivity index (χ0v) is 76.0. The summed E-state index contributed by atoms with van der Waals surface area (Å²) in [5.41, 5.74) is 0. The van der Waals surface area contributed by atoms with Gasteiger partial charge in [0, 0.05) is 25.7 Å². The molecule has 3 aliphatic rings. The highest BCUT2D eigenvalue weighted by atomic mass is 31.2. The third-order valence-electron chi connectivity index (χ3n) is 24.3. The Balaban J connectivity index is 1.91. The van der Waals surface area contributed by atoms with Crippen LogP contribution in [0.5, 0.6) is 0 Å². The fraction of sp³-hybridized carbons (Fsp3) is 0.957. The Morgan fingerprint density at radius 1 is 0.328 bits per heavy atom. The molecule has 0 spiro atoms. The van der Waals surface area contributed by atoms with Crippen molar-refractivity contribution >= 4 is 31.7 Å². The molecule has 0 aromatic heterocycles. The molecule has 2 aliphatic heterocycles. The van der Waals surface area contributed by atoms with Crippen LogP contribution in [0, 0.1) is 5.92 Å². The van der Waals surface area contributed by atoms with Gasteiger partial charge in [-0.05, 0) is 31.6 Å². The molecule has 26 heteroatoms. The average molecular weight is 1720 g/mol. The van der Waals surface area contributed by atoms with Gasteiger partial charge >= 0.3 is 31.7 Å². The predicted octanol–water partition coefficient (Wildman–Crippen LogP) is 18.4. The first-order chi connectivity index (χ1) is 57.6. The number of phosphoric ester groups is 1. The number of hydrogen-bond acceptors (Lipinski definition) is 24. The number of aliphatic hydroxyl groups excluding tert-OH is 9. The summed E-state index contributed by atoms with van der Waals surface area (Å²) < 4.78 is 73.6. The molecule has 25 nitrogen and oxygen atoms in total. The first-order valence-corrected chi connectivity index (χ1v) is 50.2. The zero-order valence-electron chi connectivity index (χ0n) is 75.1. The van der Waals surface area contributed by atoms with Crippen LogP contribution >= 0.6 is 7.82 Å². The summed E-state index contributed by atoms with van der Waals surface area (Å²) in [5.74, 6) is -2.31. The van der Waals surface area contributed by atoms with Crippen LogP contribution in [0.4, 0.5) is 0 Å². The summed E-state index contributed by atoms with van der Waals surface area (Å²) in [6, 6.07) is 0. The molecular formula is C93H175O25P. The van der Waals surface area contributed by atoms with Crippen molar-refractivity contribution in [2.75, 3.05) is 26.4 Å². The van der Waals surface area contributed by atoms with E-state index in [0.29, 0.717) is 38.0 Å². The normalized spacial score (nSPS) is 25.0. The Hall–Kier alpha value is -2.53. The molecular weight excluding hydrogens is 1550 g/mol. The van der Waals surface area contributed by atoms with Crippen LogP contribution in [0.15, 0.2) is 0 Å². The second-order valence-electron chi connectivity index (χ2n) is 35.2. The first kappa shape index (κ1) is 111. The van der Waals surface area contributed by atoms with Gasteiger partial charge in [-0.15, -0.1) is 0 Å². The number of carbonyl (C=O) groups is 4. The number of esters is 4. The Bertz CT molecular complexity index is 2490. The molecule has 3 rings (SSSR count). The lowest BCUT2D eigenvalue weighted by molar-refractivity contribution is -0.360. The molecule has 0 aromatic rings. The molecule has 2 heterocycles. The number of unbranched alkanes of at least 4 members (excludes halogenated alkanes) is 51. The van der Waals surface area contributed by atoms with Gasteiger partial charge in [-0.1, -0.05) is 381 Å². The molecule has 702 valence electrons. The van der Waals surface area contributed by atoms with E-state index in [9.17, 15) is 74.6 Å². The van der Waals surface area contributed by atoms with Crippen molar-refractivity contribution in [3.05, 3.63) is 0 Å². The highest BCUT2D eigenvalue weighted by molar-refractivity contribution is 7.47. The molecule has 1 aliphatic carbocycles. The topological polar surface area (TPSA) is 380 Å². The fourth-order valence-electron chi connectivity index (χ4n) is 16.4. The van der Waals surface area contributed by atoms with E-state index in [4.69, 9.17) is 46.9 Å². The average Bonchev–Trinajstić information content (AvgIpc) is 0.751. The van der Waals surface area contributed by atoms with Crippen LogP contribution < -0.4 is 0 Å². The maximum Gasteiger partial charge on any atom is 0.472 e. The van der Waals surface area contributed by atoms with Crippen molar-refractivity contribution in [1.29, 1.82) is 0 Å². The summed E-state index contributed by atoms with van der Waals surface area (Å²) in [5, 5.41) is 102. The zero-order chi connectivity index (χ0) is 86.9. The SMILES string of the molecule is CCCCCCCCCCCCCCCCCCC(=O)OCC1OC(OC2C(OC(=O)CCCCCCCCC(C)CCCCCCCC)C(O)C(O)C(OC3OC(CO)C(O)C(O)C3O)C2OP(=O)(O)OCC(COC(=O)CCCCCCCCCCCCCCC)OC(=O)CCCCCCCCCCCCCCCCC)C(O)C(O)C1O. The Kier molecular flexibility index (Phi) is 66.5. The molecule has 19 atom stereocenters. The van der Waals surface area contributed by atoms with Gasteiger partial charge < -0.3 is 88.7 Å². The van der Waals surface area contributed by atoms with Crippen LogP contribution in [0.2, 0.25) is 0 Å². The molecule has 3 fully saturated rings. The fourth-order valence-corrected chi connectivity index (χ4v) is 17.4. The molecule has 0 amide bonds. The van der Waals surface area contributed by atoms with Gasteiger partial charge in [0.05, 0.1) is 13.2 Å². The van der Waals surface area contributed by atoms with E-state index in [2.05, 4.69) is 34.6 Å². The third-order valence-corrected chi connectivity index (χ3v) is 25.2.